The zero-order valence-corrected chi connectivity index (χ0v) is 17.1. The SMILES string of the molecule is O=C(CCn1cnc2ccccc21)N1CC[NH+](Cc2cccc3ccccc23)CC1. The summed E-state index contributed by atoms with van der Waals surface area (Å²) in [7, 11) is 0. The topological polar surface area (TPSA) is 42.6 Å². The molecule has 3 aromatic carbocycles. The number of nitrogens with zero attached hydrogens (tertiary/aromatic N) is 3. The highest BCUT2D eigenvalue weighted by Crippen LogP contribution is 2.18. The molecule has 1 aliphatic rings. The summed E-state index contributed by atoms with van der Waals surface area (Å²) in [5, 5.41) is 2.65. The van der Waals surface area contributed by atoms with Gasteiger partial charge >= 0.3 is 0 Å². The van der Waals surface area contributed by atoms with Gasteiger partial charge in [-0.15, -0.1) is 0 Å². The van der Waals surface area contributed by atoms with Gasteiger partial charge in [-0.05, 0) is 22.9 Å². The van der Waals surface area contributed by atoms with Crippen LogP contribution in [0.3, 0.4) is 0 Å². The molecule has 1 fully saturated rings. The second-order valence-electron chi connectivity index (χ2n) is 8.12. The number of aromatic nitrogens is 2. The van der Waals surface area contributed by atoms with Crippen LogP contribution in [0.15, 0.2) is 73.1 Å². The lowest BCUT2D eigenvalue weighted by Crippen LogP contribution is -3.13. The Morgan fingerprint density at radius 1 is 0.933 bits per heavy atom. The van der Waals surface area contributed by atoms with Crippen LogP contribution in [0.2, 0.25) is 0 Å². The van der Waals surface area contributed by atoms with E-state index in [1.807, 2.05) is 29.4 Å². The molecule has 1 aliphatic heterocycles. The maximum Gasteiger partial charge on any atom is 0.224 e. The highest BCUT2D eigenvalue weighted by molar-refractivity contribution is 5.85. The fourth-order valence-electron chi connectivity index (χ4n) is 4.53. The van der Waals surface area contributed by atoms with Crippen LogP contribution in [0.5, 0.6) is 0 Å². The largest absolute Gasteiger partial charge is 0.331 e. The molecule has 152 valence electrons. The van der Waals surface area contributed by atoms with Crippen LogP contribution in [0.1, 0.15) is 12.0 Å². The molecule has 0 bridgehead atoms. The molecule has 0 atom stereocenters. The molecule has 1 aromatic heterocycles. The first kappa shape index (κ1) is 18.8. The number of carbonyl (C=O) groups excluding carboxylic acids is 1. The number of rotatable bonds is 5. The summed E-state index contributed by atoms with van der Waals surface area (Å²) in [4.78, 5) is 20.8. The summed E-state index contributed by atoms with van der Waals surface area (Å²) in [6.45, 7) is 5.38. The second-order valence-corrected chi connectivity index (χ2v) is 8.12. The van der Waals surface area contributed by atoms with Crippen LogP contribution in [0.4, 0.5) is 0 Å². The monoisotopic (exact) mass is 399 g/mol. The van der Waals surface area contributed by atoms with Gasteiger partial charge < -0.3 is 14.4 Å². The molecule has 1 amide bonds. The summed E-state index contributed by atoms with van der Waals surface area (Å²) in [5.41, 5.74) is 3.47. The quantitative estimate of drug-likeness (QED) is 0.560. The van der Waals surface area contributed by atoms with E-state index in [0.717, 1.165) is 43.8 Å². The Morgan fingerprint density at radius 2 is 1.70 bits per heavy atom. The average Bonchev–Trinajstić information content (AvgIpc) is 3.21. The van der Waals surface area contributed by atoms with E-state index in [0.29, 0.717) is 13.0 Å². The van der Waals surface area contributed by atoms with E-state index in [2.05, 4.69) is 58.1 Å². The summed E-state index contributed by atoms with van der Waals surface area (Å²) in [6, 6.07) is 23.2. The summed E-state index contributed by atoms with van der Waals surface area (Å²) in [6.07, 6.45) is 2.36. The number of para-hydroxylation sites is 2. The number of quaternary nitrogens is 1. The third-order valence-corrected chi connectivity index (χ3v) is 6.24. The predicted molar refractivity (Wildman–Crippen MR) is 119 cm³/mol. The Morgan fingerprint density at radius 3 is 2.60 bits per heavy atom. The molecule has 30 heavy (non-hydrogen) atoms. The van der Waals surface area contributed by atoms with Gasteiger partial charge in [-0.25, -0.2) is 4.98 Å². The molecule has 1 N–H and O–H groups in total. The van der Waals surface area contributed by atoms with Gasteiger partial charge in [0.25, 0.3) is 0 Å². The van der Waals surface area contributed by atoms with Crippen molar-refractivity contribution in [2.45, 2.75) is 19.5 Å². The Balaban J connectivity index is 1.16. The number of imidazole rings is 1. The number of piperazine rings is 1. The second kappa shape index (κ2) is 8.28. The number of hydrogen-bond donors (Lipinski definition) is 1. The zero-order valence-electron chi connectivity index (χ0n) is 17.1. The number of nitrogens with one attached hydrogen (secondary N) is 1. The first-order valence-electron chi connectivity index (χ1n) is 10.8. The van der Waals surface area contributed by atoms with Gasteiger partial charge in [0.1, 0.15) is 6.54 Å². The van der Waals surface area contributed by atoms with E-state index in [9.17, 15) is 4.79 Å². The van der Waals surface area contributed by atoms with E-state index in [1.165, 1.54) is 16.3 Å². The van der Waals surface area contributed by atoms with E-state index in [4.69, 9.17) is 0 Å². The molecule has 5 rings (SSSR count). The Labute approximate surface area is 176 Å². The van der Waals surface area contributed by atoms with Crippen LogP contribution in [-0.2, 0) is 17.9 Å². The van der Waals surface area contributed by atoms with Crippen LogP contribution < -0.4 is 4.90 Å². The van der Waals surface area contributed by atoms with Gasteiger partial charge in [0.2, 0.25) is 5.91 Å². The minimum atomic E-state index is 0.247. The van der Waals surface area contributed by atoms with Crippen molar-refractivity contribution in [2.24, 2.45) is 0 Å². The normalized spacial score (nSPS) is 15.1. The van der Waals surface area contributed by atoms with E-state index < -0.39 is 0 Å². The van der Waals surface area contributed by atoms with Crippen molar-refractivity contribution in [3.63, 3.8) is 0 Å². The van der Waals surface area contributed by atoms with Crippen LogP contribution in [0, 0.1) is 0 Å². The van der Waals surface area contributed by atoms with Crippen molar-refractivity contribution in [3.8, 4) is 0 Å². The van der Waals surface area contributed by atoms with Gasteiger partial charge in [-0.2, -0.15) is 0 Å². The molecule has 0 radical (unpaired) electrons. The number of aryl methyl sites for hydroxylation is 1. The molecule has 0 spiro atoms. The number of carbonyl (C=O) groups is 1. The van der Waals surface area contributed by atoms with Gasteiger partial charge in [0.15, 0.2) is 0 Å². The molecule has 5 heteroatoms. The number of fused-ring (bicyclic) bond motifs is 2. The van der Waals surface area contributed by atoms with Crippen molar-refractivity contribution in [1.29, 1.82) is 0 Å². The maximum absolute atomic E-state index is 12.8. The molecule has 0 saturated carbocycles. The van der Waals surface area contributed by atoms with Gasteiger partial charge in [0, 0.05) is 18.5 Å². The van der Waals surface area contributed by atoms with Crippen molar-refractivity contribution < 1.29 is 9.69 Å². The minimum absolute atomic E-state index is 0.247. The summed E-state index contributed by atoms with van der Waals surface area (Å²) >= 11 is 0. The first-order chi connectivity index (χ1) is 14.8. The molecular formula is C25H27N4O+. The zero-order chi connectivity index (χ0) is 20.3. The Hall–Kier alpha value is -3.18. The smallest absolute Gasteiger partial charge is 0.224 e. The fraction of sp³-hybridized carbons (Fsp3) is 0.280. The number of hydrogen-bond acceptors (Lipinski definition) is 2. The van der Waals surface area contributed by atoms with Crippen molar-refractivity contribution in [3.05, 3.63) is 78.6 Å². The van der Waals surface area contributed by atoms with Crippen molar-refractivity contribution >= 4 is 27.7 Å². The van der Waals surface area contributed by atoms with Crippen LogP contribution >= 0.6 is 0 Å². The first-order valence-corrected chi connectivity index (χ1v) is 10.8. The lowest BCUT2D eigenvalue weighted by atomic mass is 10.0. The molecule has 2 heterocycles. The highest BCUT2D eigenvalue weighted by atomic mass is 16.2. The Bertz CT molecular complexity index is 1170. The molecular weight excluding hydrogens is 372 g/mol. The van der Waals surface area contributed by atoms with E-state index in [-0.39, 0.29) is 5.91 Å². The van der Waals surface area contributed by atoms with Crippen molar-refractivity contribution in [2.75, 3.05) is 26.2 Å². The number of benzene rings is 3. The van der Waals surface area contributed by atoms with Crippen molar-refractivity contribution in [1.82, 2.24) is 14.5 Å². The third-order valence-electron chi connectivity index (χ3n) is 6.24. The van der Waals surface area contributed by atoms with Crippen LogP contribution in [-0.4, -0.2) is 46.5 Å². The van der Waals surface area contributed by atoms with E-state index >= 15 is 0 Å². The lowest BCUT2D eigenvalue weighted by molar-refractivity contribution is -0.917. The third kappa shape index (κ3) is 3.81. The molecule has 4 aromatic rings. The maximum atomic E-state index is 12.8. The molecule has 0 unspecified atom stereocenters. The Kier molecular flexibility index (Phi) is 5.20. The number of amides is 1. The van der Waals surface area contributed by atoms with Gasteiger partial charge in [-0.1, -0.05) is 54.6 Å². The summed E-state index contributed by atoms with van der Waals surface area (Å²) in [5.74, 6) is 0.247. The highest BCUT2D eigenvalue weighted by Gasteiger charge is 2.24. The standard InChI is InChI=1S/C25H26N4O/c30-25(12-13-29-19-26-23-10-3-4-11-24(23)29)28-16-14-27(15-17-28)18-21-8-5-7-20-6-1-2-9-22(20)21/h1-11,19H,12-18H2/p+1. The minimum Gasteiger partial charge on any atom is -0.331 e. The molecule has 1 saturated heterocycles. The predicted octanol–water partition coefficient (Wildman–Crippen LogP) is 2.51. The summed E-state index contributed by atoms with van der Waals surface area (Å²) < 4.78 is 2.08. The van der Waals surface area contributed by atoms with E-state index in [1.54, 1.807) is 4.90 Å². The van der Waals surface area contributed by atoms with Gasteiger partial charge in [0.05, 0.1) is 43.5 Å². The molecule has 0 aliphatic carbocycles. The average molecular weight is 400 g/mol. The van der Waals surface area contributed by atoms with Gasteiger partial charge in [-0.3, -0.25) is 4.79 Å². The lowest BCUT2D eigenvalue weighted by Gasteiger charge is -2.32. The van der Waals surface area contributed by atoms with Crippen LogP contribution in [0.25, 0.3) is 21.8 Å². The fourth-order valence-corrected chi connectivity index (χ4v) is 4.53. The molecule has 5 nitrogen and oxygen atoms in total.